The largest absolute Gasteiger partial charge is 0.483 e. The third-order valence-corrected chi connectivity index (χ3v) is 3.52. The van der Waals surface area contributed by atoms with E-state index in [2.05, 4.69) is 5.32 Å². The SMILES string of the molecule is Cc1ccc(NC(=O)COc2ccccc2C(C)C)c([N+](=O)[O-])c1. The summed E-state index contributed by atoms with van der Waals surface area (Å²) in [7, 11) is 0. The number of aryl methyl sites for hydroxylation is 1. The zero-order chi connectivity index (χ0) is 17.7. The molecule has 0 saturated heterocycles. The number of hydrogen-bond donors (Lipinski definition) is 1. The molecule has 0 fully saturated rings. The number of rotatable bonds is 6. The summed E-state index contributed by atoms with van der Waals surface area (Å²) in [5.74, 6) is 0.462. The van der Waals surface area contributed by atoms with Crippen LogP contribution in [0.25, 0.3) is 0 Å². The number of benzene rings is 2. The number of carbonyl (C=O) groups excluding carboxylic acids is 1. The summed E-state index contributed by atoms with van der Waals surface area (Å²) in [5, 5.41) is 13.6. The number of hydrogen-bond acceptors (Lipinski definition) is 4. The predicted octanol–water partition coefficient (Wildman–Crippen LogP) is 4.04. The van der Waals surface area contributed by atoms with Crippen LogP contribution >= 0.6 is 0 Å². The van der Waals surface area contributed by atoms with Gasteiger partial charge in [-0.3, -0.25) is 14.9 Å². The first-order valence-electron chi connectivity index (χ1n) is 7.65. The molecule has 0 aromatic heterocycles. The summed E-state index contributed by atoms with van der Waals surface area (Å²) in [6, 6.07) is 12.1. The highest BCUT2D eigenvalue weighted by molar-refractivity contribution is 5.94. The van der Waals surface area contributed by atoms with Crippen molar-refractivity contribution >= 4 is 17.3 Å². The van der Waals surface area contributed by atoms with Gasteiger partial charge in [-0.15, -0.1) is 0 Å². The number of carbonyl (C=O) groups is 1. The van der Waals surface area contributed by atoms with E-state index in [1.54, 1.807) is 19.1 Å². The van der Waals surface area contributed by atoms with Gasteiger partial charge in [-0.25, -0.2) is 0 Å². The van der Waals surface area contributed by atoms with E-state index in [4.69, 9.17) is 4.74 Å². The Morgan fingerprint density at radius 2 is 1.96 bits per heavy atom. The first-order chi connectivity index (χ1) is 11.4. The maximum Gasteiger partial charge on any atom is 0.293 e. The molecule has 1 N–H and O–H groups in total. The average molecular weight is 328 g/mol. The number of nitro groups is 1. The van der Waals surface area contributed by atoms with E-state index in [0.717, 1.165) is 11.1 Å². The third-order valence-electron chi connectivity index (χ3n) is 3.52. The zero-order valence-corrected chi connectivity index (χ0v) is 13.9. The Hall–Kier alpha value is -2.89. The molecule has 6 heteroatoms. The molecule has 2 aromatic rings. The van der Waals surface area contributed by atoms with Gasteiger partial charge in [-0.05, 0) is 36.1 Å². The van der Waals surface area contributed by atoms with Crippen molar-refractivity contribution in [2.24, 2.45) is 0 Å². The zero-order valence-electron chi connectivity index (χ0n) is 13.9. The van der Waals surface area contributed by atoms with Crippen LogP contribution in [0.4, 0.5) is 11.4 Å². The van der Waals surface area contributed by atoms with E-state index >= 15 is 0 Å². The van der Waals surface area contributed by atoms with Crippen LogP contribution in [-0.4, -0.2) is 17.4 Å². The van der Waals surface area contributed by atoms with Crippen LogP contribution in [0.3, 0.4) is 0 Å². The van der Waals surface area contributed by atoms with Crippen molar-refractivity contribution in [3.63, 3.8) is 0 Å². The molecule has 0 aliphatic carbocycles. The number of nitrogens with zero attached hydrogens (tertiary/aromatic N) is 1. The fourth-order valence-electron chi connectivity index (χ4n) is 2.32. The summed E-state index contributed by atoms with van der Waals surface area (Å²) >= 11 is 0. The maximum absolute atomic E-state index is 12.1. The smallest absolute Gasteiger partial charge is 0.293 e. The summed E-state index contributed by atoms with van der Waals surface area (Å²) in [6.07, 6.45) is 0. The Bertz CT molecular complexity index is 756. The number of nitro benzene ring substituents is 1. The second kappa shape index (κ2) is 7.59. The molecule has 6 nitrogen and oxygen atoms in total. The molecule has 2 rings (SSSR count). The molecule has 1 amide bonds. The van der Waals surface area contributed by atoms with Crippen molar-refractivity contribution in [1.29, 1.82) is 0 Å². The Labute approximate surface area is 140 Å². The van der Waals surface area contributed by atoms with Gasteiger partial charge in [0.05, 0.1) is 4.92 Å². The molecule has 126 valence electrons. The standard InChI is InChI=1S/C18H20N2O4/c1-12(2)14-6-4-5-7-17(14)24-11-18(21)19-15-9-8-13(3)10-16(15)20(22)23/h4-10,12H,11H2,1-3H3,(H,19,21). The van der Waals surface area contributed by atoms with E-state index in [9.17, 15) is 14.9 Å². The Kier molecular flexibility index (Phi) is 5.52. The van der Waals surface area contributed by atoms with Gasteiger partial charge in [0.1, 0.15) is 11.4 Å². The van der Waals surface area contributed by atoms with Gasteiger partial charge < -0.3 is 10.1 Å². The lowest BCUT2D eigenvalue weighted by Crippen LogP contribution is -2.21. The van der Waals surface area contributed by atoms with Gasteiger partial charge in [0.2, 0.25) is 0 Å². The van der Waals surface area contributed by atoms with Crippen molar-refractivity contribution in [1.82, 2.24) is 0 Å². The quantitative estimate of drug-likeness (QED) is 0.641. The molecule has 0 bridgehead atoms. The number of ether oxygens (including phenoxy) is 1. The van der Waals surface area contributed by atoms with Crippen LogP contribution in [0.2, 0.25) is 0 Å². The number of nitrogens with one attached hydrogen (secondary N) is 1. The fourth-order valence-corrected chi connectivity index (χ4v) is 2.32. The topological polar surface area (TPSA) is 81.5 Å². The average Bonchev–Trinajstić information content (AvgIpc) is 2.54. The van der Waals surface area contributed by atoms with Crippen LogP contribution < -0.4 is 10.1 Å². The van der Waals surface area contributed by atoms with Gasteiger partial charge in [-0.2, -0.15) is 0 Å². The minimum Gasteiger partial charge on any atom is -0.483 e. The predicted molar refractivity (Wildman–Crippen MR) is 92.5 cm³/mol. The van der Waals surface area contributed by atoms with Gasteiger partial charge >= 0.3 is 0 Å². The highest BCUT2D eigenvalue weighted by atomic mass is 16.6. The molecule has 0 radical (unpaired) electrons. The first kappa shape index (κ1) is 17.5. The monoisotopic (exact) mass is 328 g/mol. The second-order valence-electron chi connectivity index (χ2n) is 5.81. The lowest BCUT2D eigenvalue weighted by molar-refractivity contribution is -0.384. The van der Waals surface area contributed by atoms with Gasteiger partial charge in [0, 0.05) is 6.07 Å². The van der Waals surface area contributed by atoms with E-state index in [0.29, 0.717) is 5.75 Å². The minimum absolute atomic E-state index is 0.133. The van der Waals surface area contributed by atoms with Crippen LogP contribution in [0.5, 0.6) is 5.75 Å². The van der Waals surface area contributed by atoms with Gasteiger partial charge in [0.25, 0.3) is 11.6 Å². The van der Waals surface area contributed by atoms with E-state index in [1.807, 2.05) is 32.0 Å². The molecule has 0 unspecified atom stereocenters. The lowest BCUT2D eigenvalue weighted by Gasteiger charge is -2.13. The molecule has 0 aliphatic rings. The molecular weight excluding hydrogens is 308 g/mol. The normalized spacial score (nSPS) is 10.5. The Morgan fingerprint density at radius 1 is 1.25 bits per heavy atom. The van der Waals surface area contributed by atoms with Crippen LogP contribution in [-0.2, 0) is 4.79 Å². The minimum atomic E-state index is -0.516. The van der Waals surface area contributed by atoms with Crippen molar-refractivity contribution in [2.45, 2.75) is 26.7 Å². The van der Waals surface area contributed by atoms with Crippen LogP contribution in [0.1, 0.15) is 30.9 Å². The molecule has 24 heavy (non-hydrogen) atoms. The first-order valence-corrected chi connectivity index (χ1v) is 7.65. The van der Waals surface area contributed by atoms with Gasteiger partial charge in [0.15, 0.2) is 6.61 Å². The molecule has 2 aromatic carbocycles. The molecule has 0 aliphatic heterocycles. The van der Waals surface area contributed by atoms with Gasteiger partial charge in [-0.1, -0.05) is 38.1 Å². The Balaban J connectivity index is 2.06. The summed E-state index contributed by atoms with van der Waals surface area (Å²) in [6.45, 7) is 5.62. The van der Waals surface area contributed by atoms with E-state index < -0.39 is 10.8 Å². The Morgan fingerprint density at radius 3 is 2.62 bits per heavy atom. The van der Waals surface area contributed by atoms with Crippen molar-refractivity contribution in [3.05, 3.63) is 63.7 Å². The summed E-state index contributed by atoms with van der Waals surface area (Å²) in [4.78, 5) is 22.6. The third kappa shape index (κ3) is 4.32. The second-order valence-corrected chi connectivity index (χ2v) is 5.81. The summed E-state index contributed by atoms with van der Waals surface area (Å²) in [5.41, 5.74) is 1.79. The van der Waals surface area contributed by atoms with Crippen LogP contribution in [0, 0.1) is 17.0 Å². The number of para-hydroxylation sites is 1. The number of anilines is 1. The fraction of sp³-hybridized carbons (Fsp3) is 0.278. The molecule has 0 heterocycles. The molecule has 0 spiro atoms. The van der Waals surface area contributed by atoms with E-state index in [-0.39, 0.29) is 23.9 Å². The highest BCUT2D eigenvalue weighted by Gasteiger charge is 2.16. The van der Waals surface area contributed by atoms with Crippen molar-refractivity contribution in [3.8, 4) is 5.75 Å². The van der Waals surface area contributed by atoms with Crippen molar-refractivity contribution < 1.29 is 14.5 Å². The highest BCUT2D eigenvalue weighted by Crippen LogP contribution is 2.27. The maximum atomic E-state index is 12.1. The van der Waals surface area contributed by atoms with Crippen molar-refractivity contribution in [2.75, 3.05) is 11.9 Å². The van der Waals surface area contributed by atoms with E-state index in [1.165, 1.54) is 12.1 Å². The number of amides is 1. The molecule has 0 saturated carbocycles. The lowest BCUT2D eigenvalue weighted by atomic mass is 10.0. The summed E-state index contributed by atoms with van der Waals surface area (Å²) < 4.78 is 5.57. The molecular formula is C18H20N2O4. The molecule has 0 atom stereocenters. The van der Waals surface area contributed by atoms with Crippen LogP contribution in [0.15, 0.2) is 42.5 Å².